The van der Waals surface area contributed by atoms with Crippen LogP contribution in [0.25, 0.3) is 0 Å². The van der Waals surface area contributed by atoms with E-state index in [9.17, 15) is 4.79 Å². The predicted octanol–water partition coefficient (Wildman–Crippen LogP) is 2.73. The summed E-state index contributed by atoms with van der Waals surface area (Å²) in [4.78, 5) is 11.9. The van der Waals surface area contributed by atoms with E-state index >= 15 is 0 Å². The van der Waals surface area contributed by atoms with Crippen LogP contribution in [0.1, 0.15) is 39.0 Å². The lowest BCUT2D eigenvalue weighted by Crippen LogP contribution is -2.40. The molecular weight excluding hydrogens is 252 g/mol. The first-order valence-electron chi connectivity index (χ1n) is 7.45. The van der Waals surface area contributed by atoms with E-state index in [1.807, 2.05) is 0 Å². The van der Waals surface area contributed by atoms with Gasteiger partial charge in [0.25, 0.3) is 5.91 Å². The maximum Gasteiger partial charge on any atom is 0.258 e. The van der Waals surface area contributed by atoms with Crippen molar-refractivity contribution in [1.82, 2.24) is 5.32 Å². The summed E-state index contributed by atoms with van der Waals surface area (Å²) in [7, 11) is 0. The molecule has 1 aliphatic carbocycles. The molecule has 1 saturated carbocycles. The largest absolute Gasteiger partial charge is 0.484 e. The number of nitrogens with two attached hydrogens (primary N) is 1. The number of benzene rings is 1. The van der Waals surface area contributed by atoms with Crippen molar-refractivity contribution in [3.63, 3.8) is 0 Å². The number of amides is 1. The second kappa shape index (κ2) is 7.17. The van der Waals surface area contributed by atoms with Gasteiger partial charge in [-0.1, -0.05) is 26.2 Å². The molecular formula is C16H24N2O2. The SMILES string of the molecule is CCC1CCCC(NC(=O)COc2ccc(N)cc2)C1. The van der Waals surface area contributed by atoms with Crippen LogP contribution in [0.4, 0.5) is 5.69 Å². The lowest BCUT2D eigenvalue weighted by Gasteiger charge is -2.29. The smallest absolute Gasteiger partial charge is 0.258 e. The van der Waals surface area contributed by atoms with Crippen molar-refractivity contribution in [3.05, 3.63) is 24.3 Å². The molecule has 2 atom stereocenters. The van der Waals surface area contributed by atoms with E-state index in [2.05, 4.69) is 12.2 Å². The van der Waals surface area contributed by atoms with Gasteiger partial charge >= 0.3 is 0 Å². The molecule has 3 N–H and O–H groups in total. The average molecular weight is 276 g/mol. The summed E-state index contributed by atoms with van der Waals surface area (Å²) in [6.45, 7) is 2.29. The number of nitrogen functional groups attached to an aromatic ring is 1. The van der Waals surface area contributed by atoms with Crippen LogP contribution in [0.2, 0.25) is 0 Å². The van der Waals surface area contributed by atoms with E-state index in [1.165, 1.54) is 19.3 Å². The number of anilines is 1. The second-order valence-corrected chi connectivity index (χ2v) is 5.56. The van der Waals surface area contributed by atoms with Crippen LogP contribution in [0.15, 0.2) is 24.3 Å². The molecule has 4 nitrogen and oxygen atoms in total. The zero-order valence-corrected chi connectivity index (χ0v) is 12.1. The van der Waals surface area contributed by atoms with Crippen LogP contribution in [0.5, 0.6) is 5.75 Å². The van der Waals surface area contributed by atoms with Crippen LogP contribution in [-0.2, 0) is 4.79 Å². The lowest BCUT2D eigenvalue weighted by atomic mass is 9.84. The molecule has 0 spiro atoms. The van der Waals surface area contributed by atoms with Gasteiger partial charge in [0, 0.05) is 11.7 Å². The van der Waals surface area contributed by atoms with Crippen molar-refractivity contribution in [2.24, 2.45) is 5.92 Å². The Hall–Kier alpha value is -1.71. The van der Waals surface area contributed by atoms with Crippen LogP contribution in [0, 0.1) is 5.92 Å². The van der Waals surface area contributed by atoms with Gasteiger partial charge in [-0.2, -0.15) is 0 Å². The highest BCUT2D eigenvalue weighted by Gasteiger charge is 2.22. The Morgan fingerprint density at radius 3 is 2.80 bits per heavy atom. The Morgan fingerprint density at radius 1 is 1.35 bits per heavy atom. The van der Waals surface area contributed by atoms with Gasteiger partial charge in [0.2, 0.25) is 0 Å². The highest BCUT2D eigenvalue weighted by atomic mass is 16.5. The molecule has 0 heterocycles. The normalized spacial score (nSPS) is 22.2. The van der Waals surface area contributed by atoms with E-state index in [-0.39, 0.29) is 12.5 Å². The van der Waals surface area contributed by atoms with Gasteiger partial charge in [-0.3, -0.25) is 4.79 Å². The standard InChI is InChI=1S/C16H24N2O2/c1-2-12-4-3-5-14(10-12)18-16(19)11-20-15-8-6-13(17)7-9-15/h6-9,12,14H,2-5,10-11,17H2,1H3,(H,18,19). The summed E-state index contributed by atoms with van der Waals surface area (Å²) < 4.78 is 5.45. The third-order valence-electron chi connectivity index (χ3n) is 3.98. The molecule has 0 aliphatic heterocycles. The van der Waals surface area contributed by atoms with Crippen LogP contribution < -0.4 is 15.8 Å². The van der Waals surface area contributed by atoms with Crippen LogP contribution >= 0.6 is 0 Å². The van der Waals surface area contributed by atoms with Gasteiger partial charge in [-0.25, -0.2) is 0 Å². The number of ether oxygens (including phenoxy) is 1. The van der Waals surface area contributed by atoms with Crippen molar-refractivity contribution < 1.29 is 9.53 Å². The summed E-state index contributed by atoms with van der Waals surface area (Å²) in [6, 6.07) is 7.39. The molecule has 20 heavy (non-hydrogen) atoms. The van der Waals surface area contributed by atoms with E-state index in [1.54, 1.807) is 24.3 Å². The van der Waals surface area contributed by atoms with Gasteiger partial charge in [0.1, 0.15) is 5.75 Å². The zero-order valence-electron chi connectivity index (χ0n) is 12.1. The third-order valence-corrected chi connectivity index (χ3v) is 3.98. The summed E-state index contributed by atoms with van der Waals surface area (Å²) in [5.41, 5.74) is 6.29. The summed E-state index contributed by atoms with van der Waals surface area (Å²) in [5, 5.41) is 3.08. The Morgan fingerprint density at radius 2 is 2.10 bits per heavy atom. The van der Waals surface area contributed by atoms with Crippen molar-refractivity contribution in [3.8, 4) is 5.75 Å². The van der Waals surface area contributed by atoms with Crippen molar-refractivity contribution >= 4 is 11.6 Å². The topological polar surface area (TPSA) is 64.3 Å². The molecule has 4 heteroatoms. The molecule has 1 aromatic rings. The van der Waals surface area contributed by atoms with Crippen molar-refractivity contribution in [2.75, 3.05) is 12.3 Å². The maximum absolute atomic E-state index is 11.9. The monoisotopic (exact) mass is 276 g/mol. The minimum absolute atomic E-state index is 0.0384. The fraction of sp³-hybridized carbons (Fsp3) is 0.562. The van der Waals surface area contributed by atoms with E-state index in [0.717, 1.165) is 18.8 Å². The minimum Gasteiger partial charge on any atom is -0.484 e. The number of hydrogen-bond acceptors (Lipinski definition) is 3. The Labute approximate surface area is 120 Å². The molecule has 1 aliphatic rings. The molecule has 0 aromatic heterocycles. The Bertz CT molecular complexity index is 431. The Balaban J connectivity index is 1.73. The Kier molecular flexibility index (Phi) is 5.27. The van der Waals surface area contributed by atoms with Gasteiger partial charge in [0.05, 0.1) is 0 Å². The van der Waals surface area contributed by atoms with Crippen LogP contribution in [0.3, 0.4) is 0 Å². The summed E-state index contributed by atoms with van der Waals surface area (Å²) in [6.07, 6.45) is 5.90. The van der Waals surface area contributed by atoms with Gasteiger partial charge in [0.15, 0.2) is 6.61 Å². The molecule has 2 rings (SSSR count). The fourth-order valence-electron chi connectivity index (χ4n) is 2.78. The van der Waals surface area contributed by atoms with Crippen molar-refractivity contribution in [2.45, 2.75) is 45.1 Å². The van der Waals surface area contributed by atoms with Crippen LogP contribution in [-0.4, -0.2) is 18.6 Å². The number of nitrogens with one attached hydrogen (secondary N) is 1. The predicted molar refractivity (Wildman–Crippen MR) is 80.5 cm³/mol. The highest BCUT2D eigenvalue weighted by Crippen LogP contribution is 2.26. The average Bonchev–Trinajstić information content (AvgIpc) is 2.47. The zero-order chi connectivity index (χ0) is 14.4. The van der Waals surface area contributed by atoms with E-state index < -0.39 is 0 Å². The first kappa shape index (κ1) is 14.7. The molecule has 1 amide bonds. The first-order valence-corrected chi connectivity index (χ1v) is 7.45. The number of hydrogen-bond donors (Lipinski definition) is 2. The first-order chi connectivity index (χ1) is 9.67. The van der Waals surface area contributed by atoms with Gasteiger partial charge in [-0.05, 0) is 43.0 Å². The minimum atomic E-state index is -0.0384. The molecule has 1 fully saturated rings. The second-order valence-electron chi connectivity index (χ2n) is 5.56. The van der Waals surface area contributed by atoms with Gasteiger partial charge < -0.3 is 15.8 Å². The number of carbonyl (C=O) groups excluding carboxylic acids is 1. The maximum atomic E-state index is 11.9. The van der Waals surface area contributed by atoms with Crippen molar-refractivity contribution in [1.29, 1.82) is 0 Å². The molecule has 2 unspecified atom stereocenters. The summed E-state index contributed by atoms with van der Waals surface area (Å²) >= 11 is 0. The lowest BCUT2D eigenvalue weighted by molar-refractivity contribution is -0.124. The van der Waals surface area contributed by atoms with E-state index in [4.69, 9.17) is 10.5 Å². The number of rotatable bonds is 5. The number of carbonyl (C=O) groups is 1. The van der Waals surface area contributed by atoms with E-state index in [0.29, 0.717) is 17.5 Å². The quantitative estimate of drug-likeness (QED) is 0.813. The third kappa shape index (κ3) is 4.44. The highest BCUT2D eigenvalue weighted by molar-refractivity contribution is 5.77. The molecule has 0 bridgehead atoms. The molecule has 110 valence electrons. The molecule has 0 saturated heterocycles. The molecule has 0 radical (unpaired) electrons. The molecule has 1 aromatic carbocycles. The van der Waals surface area contributed by atoms with Gasteiger partial charge in [-0.15, -0.1) is 0 Å². The fourth-order valence-corrected chi connectivity index (χ4v) is 2.78. The summed E-state index contributed by atoms with van der Waals surface area (Å²) in [5.74, 6) is 1.39.